The lowest BCUT2D eigenvalue weighted by atomic mass is 10.1. The number of hydrogen-bond donors (Lipinski definition) is 0. The van der Waals surface area contributed by atoms with E-state index in [0.717, 1.165) is 21.7 Å². The molecule has 0 aliphatic carbocycles. The number of nitriles is 1. The summed E-state index contributed by atoms with van der Waals surface area (Å²) in [7, 11) is 1.84. The zero-order valence-electron chi connectivity index (χ0n) is 15.4. The van der Waals surface area contributed by atoms with Crippen LogP contribution in [-0.4, -0.2) is 38.7 Å². The number of thiophene rings is 1. The van der Waals surface area contributed by atoms with Crippen LogP contribution in [0.2, 0.25) is 0 Å². The van der Waals surface area contributed by atoms with Crippen LogP contribution < -0.4 is 0 Å². The molecular weight excluding hydrogens is 346 g/mol. The summed E-state index contributed by atoms with van der Waals surface area (Å²) in [5.41, 5.74) is 2.83. The molecule has 0 saturated heterocycles. The second-order valence-corrected chi connectivity index (χ2v) is 7.26. The van der Waals surface area contributed by atoms with E-state index >= 15 is 0 Å². The highest BCUT2D eigenvalue weighted by Crippen LogP contribution is 2.30. The minimum absolute atomic E-state index is 0.0871. The number of rotatable bonds is 5. The van der Waals surface area contributed by atoms with Gasteiger partial charge in [-0.05, 0) is 38.3 Å². The molecule has 0 aliphatic rings. The van der Waals surface area contributed by atoms with Crippen molar-refractivity contribution in [2.75, 3.05) is 13.1 Å². The molecule has 0 spiro atoms. The molecule has 3 aromatic rings. The van der Waals surface area contributed by atoms with Gasteiger partial charge in [-0.2, -0.15) is 10.4 Å². The molecule has 0 fully saturated rings. The zero-order chi connectivity index (χ0) is 18.8. The van der Waals surface area contributed by atoms with Gasteiger partial charge < -0.3 is 4.90 Å². The largest absolute Gasteiger partial charge is 0.338 e. The molecule has 0 saturated carbocycles. The van der Waals surface area contributed by atoms with Crippen LogP contribution in [0.5, 0.6) is 0 Å². The zero-order valence-corrected chi connectivity index (χ0v) is 16.2. The monoisotopic (exact) mass is 367 g/mol. The van der Waals surface area contributed by atoms with Crippen molar-refractivity contribution in [1.29, 1.82) is 5.26 Å². The van der Waals surface area contributed by atoms with Crippen LogP contribution in [0.25, 0.3) is 21.6 Å². The van der Waals surface area contributed by atoms with E-state index in [2.05, 4.69) is 11.2 Å². The van der Waals surface area contributed by atoms with Gasteiger partial charge in [0.25, 0.3) is 5.91 Å². The molecule has 26 heavy (non-hydrogen) atoms. The van der Waals surface area contributed by atoms with Gasteiger partial charge in [0, 0.05) is 20.1 Å². The van der Waals surface area contributed by atoms with Crippen LogP contribution >= 0.6 is 11.3 Å². The first-order valence-electron chi connectivity index (χ1n) is 8.53. The molecule has 0 bridgehead atoms. The van der Waals surface area contributed by atoms with E-state index in [0.29, 0.717) is 24.3 Å². The van der Waals surface area contributed by atoms with E-state index in [1.807, 2.05) is 51.4 Å². The summed E-state index contributed by atoms with van der Waals surface area (Å²) < 4.78 is 1.72. The summed E-state index contributed by atoms with van der Waals surface area (Å²) in [5.74, 6) is -0.307. The van der Waals surface area contributed by atoms with Crippen molar-refractivity contribution in [3.8, 4) is 16.6 Å². The number of aryl methyl sites for hydroxylation is 2. The van der Waals surface area contributed by atoms with Gasteiger partial charge in [-0.25, -0.2) is 4.98 Å². The van der Waals surface area contributed by atoms with Gasteiger partial charge in [-0.15, -0.1) is 11.3 Å². The molecule has 6 nitrogen and oxygen atoms in total. The van der Waals surface area contributed by atoms with E-state index in [-0.39, 0.29) is 11.8 Å². The highest BCUT2D eigenvalue weighted by molar-refractivity contribution is 7.13. The van der Waals surface area contributed by atoms with Crippen LogP contribution in [-0.2, 0) is 7.05 Å². The lowest BCUT2D eigenvalue weighted by Crippen LogP contribution is -2.34. The maximum Gasteiger partial charge on any atom is 0.254 e. The van der Waals surface area contributed by atoms with Gasteiger partial charge in [0.05, 0.1) is 39.2 Å². The molecule has 0 N–H and O–H groups in total. The summed E-state index contributed by atoms with van der Waals surface area (Å²) in [6, 6.07) is 8.01. The average Bonchev–Trinajstić information content (AvgIpc) is 3.27. The fourth-order valence-electron chi connectivity index (χ4n) is 3.06. The quantitative estimate of drug-likeness (QED) is 0.690. The Morgan fingerprint density at radius 2 is 2.27 bits per heavy atom. The van der Waals surface area contributed by atoms with Crippen molar-refractivity contribution in [2.45, 2.75) is 20.8 Å². The highest BCUT2D eigenvalue weighted by atomic mass is 32.1. The number of nitrogens with zero attached hydrogens (tertiary/aromatic N) is 5. The number of amides is 1. The molecule has 0 radical (unpaired) electrons. The topological polar surface area (TPSA) is 74.8 Å². The fraction of sp³-hybridized carbons (Fsp3) is 0.368. The molecule has 1 atom stereocenters. The van der Waals surface area contributed by atoms with Crippen molar-refractivity contribution < 1.29 is 4.79 Å². The van der Waals surface area contributed by atoms with E-state index in [1.165, 1.54) is 0 Å². The lowest BCUT2D eigenvalue weighted by molar-refractivity contribution is 0.0754. The van der Waals surface area contributed by atoms with E-state index < -0.39 is 0 Å². The van der Waals surface area contributed by atoms with Crippen molar-refractivity contribution in [3.05, 3.63) is 34.8 Å². The Labute approximate surface area is 156 Å². The average molecular weight is 367 g/mol. The molecule has 3 aromatic heterocycles. The standard InChI is InChI=1S/C19H21N5OS/c1-5-24(11-12(2)10-20)19(25)14-9-15(16-7-6-8-26-16)21-18-17(14)13(3)22-23(18)4/h6-9,12H,5,11H2,1-4H3/t12-/m1/s1. The van der Waals surface area contributed by atoms with Crippen LogP contribution in [0, 0.1) is 24.2 Å². The van der Waals surface area contributed by atoms with Crippen molar-refractivity contribution in [2.24, 2.45) is 13.0 Å². The van der Waals surface area contributed by atoms with Crippen molar-refractivity contribution in [3.63, 3.8) is 0 Å². The van der Waals surface area contributed by atoms with Crippen LogP contribution in [0.3, 0.4) is 0 Å². The Morgan fingerprint density at radius 3 is 2.88 bits per heavy atom. The fourth-order valence-corrected chi connectivity index (χ4v) is 3.75. The van der Waals surface area contributed by atoms with Crippen LogP contribution in [0.15, 0.2) is 23.6 Å². The maximum absolute atomic E-state index is 13.3. The van der Waals surface area contributed by atoms with Gasteiger partial charge in [-0.3, -0.25) is 9.48 Å². The molecule has 0 aromatic carbocycles. The van der Waals surface area contributed by atoms with E-state index in [9.17, 15) is 4.79 Å². The van der Waals surface area contributed by atoms with Gasteiger partial charge in [0.1, 0.15) is 0 Å². The predicted octanol–water partition coefficient (Wildman–Crippen LogP) is 3.63. The summed E-state index contributed by atoms with van der Waals surface area (Å²) in [6.07, 6.45) is 0. The number of aromatic nitrogens is 3. The SMILES string of the molecule is CCN(C[C@H](C)C#N)C(=O)c1cc(-c2cccs2)nc2c1c(C)nn2C. The normalized spacial score (nSPS) is 12.1. The Balaban J connectivity index is 2.17. The summed E-state index contributed by atoms with van der Waals surface area (Å²) >= 11 is 1.59. The van der Waals surface area contributed by atoms with E-state index in [1.54, 1.807) is 20.9 Å². The molecule has 0 aliphatic heterocycles. The molecule has 7 heteroatoms. The minimum Gasteiger partial charge on any atom is -0.338 e. The number of pyridine rings is 1. The van der Waals surface area contributed by atoms with Gasteiger partial charge in [0.2, 0.25) is 0 Å². The van der Waals surface area contributed by atoms with Gasteiger partial charge in [-0.1, -0.05) is 6.07 Å². The first-order valence-corrected chi connectivity index (χ1v) is 9.41. The summed E-state index contributed by atoms with van der Waals surface area (Å²) in [5, 5.41) is 16.3. The highest BCUT2D eigenvalue weighted by Gasteiger charge is 2.23. The molecule has 0 unspecified atom stereocenters. The van der Waals surface area contributed by atoms with Crippen molar-refractivity contribution >= 4 is 28.3 Å². The molecule has 1 amide bonds. The Bertz CT molecular complexity index is 984. The minimum atomic E-state index is -0.219. The Kier molecular flexibility index (Phi) is 5.05. The second kappa shape index (κ2) is 7.26. The molecule has 3 heterocycles. The number of hydrogen-bond acceptors (Lipinski definition) is 5. The predicted molar refractivity (Wildman–Crippen MR) is 103 cm³/mol. The van der Waals surface area contributed by atoms with Gasteiger partial charge in [0.15, 0.2) is 5.65 Å². The Morgan fingerprint density at radius 1 is 1.50 bits per heavy atom. The van der Waals surface area contributed by atoms with Gasteiger partial charge >= 0.3 is 0 Å². The van der Waals surface area contributed by atoms with Crippen LogP contribution in [0.4, 0.5) is 0 Å². The first-order chi connectivity index (χ1) is 12.5. The summed E-state index contributed by atoms with van der Waals surface area (Å²) in [6.45, 7) is 6.59. The first kappa shape index (κ1) is 18.1. The Hall–Kier alpha value is -2.72. The third-order valence-electron chi connectivity index (χ3n) is 4.36. The second-order valence-electron chi connectivity index (χ2n) is 6.31. The smallest absolute Gasteiger partial charge is 0.254 e. The molecule has 134 valence electrons. The maximum atomic E-state index is 13.3. The molecular formula is C19H21N5OS. The third kappa shape index (κ3) is 3.20. The van der Waals surface area contributed by atoms with E-state index in [4.69, 9.17) is 10.2 Å². The van der Waals surface area contributed by atoms with Crippen molar-refractivity contribution in [1.82, 2.24) is 19.7 Å². The number of carbonyl (C=O) groups excluding carboxylic acids is 1. The third-order valence-corrected chi connectivity index (χ3v) is 5.25. The summed E-state index contributed by atoms with van der Waals surface area (Å²) in [4.78, 5) is 20.7. The number of fused-ring (bicyclic) bond motifs is 1. The molecule has 3 rings (SSSR count). The number of carbonyl (C=O) groups is 1. The lowest BCUT2D eigenvalue weighted by Gasteiger charge is -2.22. The van der Waals surface area contributed by atoms with Crippen LogP contribution in [0.1, 0.15) is 29.9 Å².